The van der Waals surface area contributed by atoms with E-state index in [4.69, 9.17) is 5.73 Å². The first-order chi connectivity index (χ1) is 9.67. The molecule has 3 nitrogen and oxygen atoms in total. The van der Waals surface area contributed by atoms with Gasteiger partial charge in [-0.25, -0.2) is 0 Å². The average molecular weight is 280 g/mol. The van der Waals surface area contributed by atoms with E-state index in [1.807, 2.05) is 0 Å². The van der Waals surface area contributed by atoms with Crippen molar-refractivity contribution in [3.05, 3.63) is 0 Å². The van der Waals surface area contributed by atoms with Gasteiger partial charge in [0, 0.05) is 25.0 Å². The molecule has 1 amide bonds. The van der Waals surface area contributed by atoms with Crippen LogP contribution in [0.5, 0.6) is 0 Å². The number of rotatable bonds is 5. The number of nitrogens with two attached hydrogens (primary N) is 1. The Kier molecular flexibility index (Phi) is 5.88. The van der Waals surface area contributed by atoms with Crippen molar-refractivity contribution in [2.24, 2.45) is 23.5 Å². The van der Waals surface area contributed by atoms with Gasteiger partial charge in [0.25, 0.3) is 0 Å². The standard InChI is InChI=1S/C17H32N2O/c1-3-4-5-14-6-8-15(9-7-14)17(20)19-11-10-13(2)16(19)12-18/h13-16H,3-12,18H2,1-2H3. The lowest BCUT2D eigenvalue weighted by molar-refractivity contribution is -0.137. The lowest BCUT2D eigenvalue weighted by Gasteiger charge is -2.33. The van der Waals surface area contributed by atoms with Crippen LogP contribution in [-0.2, 0) is 4.79 Å². The molecule has 1 saturated carbocycles. The Hall–Kier alpha value is -0.570. The van der Waals surface area contributed by atoms with E-state index in [0.29, 0.717) is 24.4 Å². The number of carbonyl (C=O) groups excluding carboxylic acids is 1. The van der Waals surface area contributed by atoms with E-state index >= 15 is 0 Å². The van der Waals surface area contributed by atoms with Crippen molar-refractivity contribution < 1.29 is 4.79 Å². The van der Waals surface area contributed by atoms with E-state index in [-0.39, 0.29) is 5.92 Å². The highest BCUT2D eigenvalue weighted by Gasteiger charge is 2.37. The molecule has 0 aromatic rings. The number of nitrogens with zero attached hydrogens (tertiary/aromatic N) is 1. The molecule has 0 aromatic carbocycles. The maximum absolute atomic E-state index is 12.7. The van der Waals surface area contributed by atoms with Crippen molar-refractivity contribution in [3.8, 4) is 0 Å². The fourth-order valence-electron chi connectivity index (χ4n) is 4.07. The molecule has 3 heteroatoms. The number of amides is 1. The van der Waals surface area contributed by atoms with Crippen molar-refractivity contribution in [2.45, 2.75) is 71.3 Å². The molecule has 1 heterocycles. The molecule has 0 radical (unpaired) electrons. The second-order valence-electron chi connectivity index (χ2n) is 6.96. The van der Waals surface area contributed by atoms with Crippen LogP contribution in [0.15, 0.2) is 0 Å². The van der Waals surface area contributed by atoms with Crippen LogP contribution in [0.4, 0.5) is 0 Å². The molecule has 2 aliphatic rings. The molecule has 2 fully saturated rings. The molecule has 0 spiro atoms. The van der Waals surface area contributed by atoms with Gasteiger partial charge >= 0.3 is 0 Å². The number of carbonyl (C=O) groups is 1. The molecule has 2 N–H and O–H groups in total. The third-order valence-electron chi connectivity index (χ3n) is 5.57. The van der Waals surface area contributed by atoms with Gasteiger partial charge in [-0.2, -0.15) is 0 Å². The topological polar surface area (TPSA) is 46.3 Å². The molecule has 2 atom stereocenters. The van der Waals surface area contributed by atoms with E-state index in [2.05, 4.69) is 18.7 Å². The first kappa shape index (κ1) is 15.8. The van der Waals surface area contributed by atoms with Crippen LogP contribution < -0.4 is 5.73 Å². The molecule has 0 bridgehead atoms. The molecular weight excluding hydrogens is 248 g/mol. The molecular formula is C17H32N2O. The summed E-state index contributed by atoms with van der Waals surface area (Å²) in [6.07, 6.45) is 9.86. The average Bonchev–Trinajstić information content (AvgIpc) is 2.85. The summed E-state index contributed by atoms with van der Waals surface area (Å²) in [6.45, 7) is 6.04. The number of hydrogen-bond donors (Lipinski definition) is 1. The first-order valence-electron chi connectivity index (χ1n) is 8.67. The molecule has 2 unspecified atom stereocenters. The van der Waals surface area contributed by atoms with Crippen LogP contribution >= 0.6 is 0 Å². The minimum atomic E-state index is 0.284. The molecule has 1 aliphatic carbocycles. The predicted molar refractivity (Wildman–Crippen MR) is 83.3 cm³/mol. The van der Waals surface area contributed by atoms with Gasteiger partial charge in [0.05, 0.1) is 0 Å². The summed E-state index contributed by atoms with van der Waals surface area (Å²) in [7, 11) is 0. The monoisotopic (exact) mass is 280 g/mol. The lowest BCUT2D eigenvalue weighted by atomic mass is 9.79. The molecule has 0 aromatic heterocycles. The van der Waals surface area contributed by atoms with Crippen molar-refractivity contribution in [2.75, 3.05) is 13.1 Å². The predicted octanol–water partition coefficient (Wildman–Crippen LogP) is 3.18. The minimum Gasteiger partial charge on any atom is -0.338 e. The molecule has 2 rings (SSSR count). The van der Waals surface area contributed by atoms with Gasteiger partial charge in [0.15, 0.2) is 0 Å². The van der Waals surface area contributed by atoms with Crippen LogP contribution in [0.3, 0.4) is 0 Å². The number of unbranched alkanes of at least 4 members (excludes halogenated alkanes) is 1. The molecule has 1 saturated heterocycles. The number of hydrogen-bond acceptors (Lipinski definition) is 2. The van der Waals surface area contributed by atoms with Gasteiger partial charge < -0.3 is 10.6 Å². The fraction of sp³-hybridized carbons (Fsp3) is 0.941. The van der Waals surface area contributed by atoms with Crippen molar-refractivity contribution >= 4 is 5.91 Å². The highest BCUT2D eigenvalue weighted by atomic mass is 16.2. The second kappa shape index (κ2) is 7.44. The normalized spacial score (nSPS) is 34.5. The Morgan fingerprint density at radius 2 is 1.90 bits per heavy atom. The quantitative estimate of drug-likeness (QED) is 0.840. The molecule has 1 aliphatic heterocycles. The Balaban J connectivity index is 1.82. The van der Waals surface area contributed by atoms with Gasteiger partial charge in [-0.15, -0.1) is 0 Å². The summed E-state index contributed by atoms with van der Waals surface area (Å²) in [5, 5.41) is 0. The second-order valence-corrected chi connectivity index (χ2v) is 6.96. The zero-order valence-electron chi connectivity index (χ0n) is 13.3. The third kappa shape index (κ3) is 3.55. The highest BCUT2D eigenvalue weighted by molar-refractivity contribution is 5.79. The van der Waals surface area contributed by atoms with Gasteiger partial charge in [0.1, 0.15) is 0 Å². The SMILES string of the molecule is CCCCC1CCC(C(=O)N2CCC(C)C2CN)CC1. The van der Waals surface area contributed by atoms with Crippen LogP contribution in [0, 0.1) is 17.8 Å². The van der Waals surface area contributed by atoms with E-state index in [1.54, 1.807) is 0 Å². The lowest BCUT2D eigenvalue weighted by Crippen LogP contribution is -2.45. The van der Waals surface area contributed by atoms with Crippen molar-refractivity contribution in [1.29, 1.82) is 0 Å². The Morgan fingerprint density at radius 3 is 2.50 bits per heavy atom. The number of likely N-dealkylation sites (tertiary alicyclic amines) is 1. The Labute approximate surface area is 124 Å². The fourth-order valence-corrected chi connectivity index (χ4v) is 4.07. The van der Waals surface area contributed by atoms with E-state index in [1.165, 1.54) is 32.1 Å². The largest absolute Gasteiger partial charge is 0.338 e. The summed E-state index contributed by atoms with van der Waals surface area (Å²) < 4.78 is 0. The van der Waals surface area contributed by atoms with Gasteiger partial charge in [-0.3, -0.25) is 4.79 Å². The summed E-state index contributed by atoms with van der Waals surface area (Å²) in [4.78, 5) is 14.8. The molecule has 116 valence electrons. The van der Waals surface area contributed by atoms with Crippen molar-refractivity contribution in [1.82, 2.24) is 4.90 Å². The zero-order chi connectivity index (χ0) is 14.5. The van der Waals surface area contributed by atoms with Crippen LogP contribution in [0.1, 0.15) is 65.2 Å². The Morgan fingerprint density at radius 1 is 1.20 bits per heavy atom. The van der Waals surface area contributed by atoms with Gasteiger partial charge in [-0.05, 0) is 43.9 Å². The zero-order valence-corrected chi connectivity index (χ0v) is 13.3. The summed E-state index contributed by atoms with van der Waals surface area (Å²) >= 11 is 0. The van der Waals surface area contributed by atoms with E-state index in [9.17, 15) is 4.79 Å². The van der Waals surface area contributed by atoms with Crippen molar-refractivity contribution in [3.63, 3.8) is 0 Å². The van der Waals surface area contributed by atoms with E-state index < -0.39 is 0 Å². The molecule has 20 heavy (non-hydrogen) atoms. The van der Waals surface area contributed by atoms with Gasteiger partial charge in [-0.1, -0.05) is 33.1 Å². The van der Waals surface area contributed by atoms with E-state index in [0.717, 1.165) is 31.7 Å². The summed E-state index contributed by atoms with van der Waals surface area (Å²) in [6, 6.07) is 0.292. The van der Waals surface area contributed by atoms with Crippen LogP contribution in [0.25, 0.3) is 0 Å². The summed E-state index contributed by atoms with van der Waals surface area (Å²) in [5.74, 6) is 2.14. The highest BCUT2D eigenvalue weighted by Crippen LogP contribution is 2.34. The summed E-state index contributed by atoms with van der Waals surface area (Å²) in [5.41, 5.74) is 5.86. The third-order valence-corrected chi connectivity index (χ3v) is 5.57. The van der Waals surface area contributed by atoms with Crippen LogP contribution in [0.2, 0.25) is 0 Å². The first-order valence-corrected chi connectivity index (χ1v) is 8.67. The van der Waals surface area contributed by atoms with Gasteiger partial charge in [0.2, 0.25) is 5.91 Å². The smallest absolute Gasteiger partial charge is 0.225 e. The minimum absolute atomic E-state index is 0.284. The maximum Gasteiger partial charge on any atom is 0.225 e. The Bertz CT molecular complexity index is 310. The van der Waals surface area contributed by atoms with Crippen LogP contribution in [-0.4, -0.2) is 29.9 Å². The maximum atomic E-state index is 12.7.